The minimum Gasteiger partial charge on any atom is -0.456 e. The fourth-order valence-corrected chi connectivity index (χ4v) is 3.22. The van der Waals surface area contributed by atoms with Gasteiger partial charge in [0, 0.05) is 35.6 Å². The number of esters is 1. The lowest BCUT2D eigenvalue weighted by Gasteiger charge is -2.30. The molecule has 1 aromatic heterocycles. The molecule has 0 saturated carbocycles. The summed E-state index contributed by atoms with van der Waals surface area (Å²) in [5, 5.41) is 1.19. The van der Waals surface area contributed by atoms with E-state index in [9.17, 15) is 9.59 Å². The molecule has 0 bridgehead atoms. The number of nitrogens with zero attached hydrogens (tertiary/aromatic N) is 1. The second-order valence-electron chi connectivity index (χ2n) is 6.86. The average Bonchev–Trinajstić information content (AvgIpc) is 2.96. The van der Waals surface area contributed by atoms with Crippen LogP contribution in [0.15, 0.2) is 30.5 Å². The molecule has 0 fully saturated rings. The van der Waals surface area contributed by atoms with Crippen molar-refractivity contribution in [3.05, 3.63) is 36.0 Å². The Hall–Kier alpha value is -2.30. The smallest absolute Gasteiger partial charge is 0.306 e. The van der Waals surface area contributed by atoms with E-state index in [4.69, 9.17) is 4.74 Å². The topological polar surface area (TPSA) is 62.4 Å². The number of carbonyl (C=O) groups excluding carboxylic acids is 2. The molecular weight excluding hydrogens is 316 g/mol. The molecule has 0 aliphatic rings. The van der Waals surface area contributed by atoms with Gasteiger partial charge in [-0.1, -0.05) is 18.2 Å². The van der Waals surface area contributed by atoms with Gasteiger partial charge >= 0.3 is 5.97 Å². The monoisotopic (exact) mass is 344 g/mol. The predicted molar refractivity (Wildman–Crippen MR) is 99.3 cm³/mol. The second kappa shape index (κ2) is 8.70. The molecule has 5 nitrogen and oxygen atoms in total. The quantitative estimate of drug-likeness (QED) is 0.743. The number of aryl methyl sites for hydroxylation is 1. The number of H-pyrrole nitrogens is 1. The lowest BCUT2D eigenvalue weighted by molar-refractivity contribution is -0.153. The van der Waals surface area contributed by atoms with Crippen molar-refractivity contribution >= 4 is 22.8 Å². The number of hydrogen-bond donors (Lipinski definition) is 1. The summed E-state index contributed by atoms with van der Waals surface area (Å²) in [6.07, 6.45) is 3.81. The van der Waals surface area contributed by atoms with Crippen molar-refractivity contribution in [1.29, 1.82) is 0 Å². The fourth-order valence-electron chi connectivity index (χ4n) is 3.22. The van der Waals surface area contributed by atoms with Gasteiger partial charge in [-0.05, 0) is 52.2 Å². The van der Waals surface area contributed by atoms with E-state index in [2.05, 4.69) is 11.1 Å². The van der Waals surface area contributed by atoms with Crippen LogP contribution in [0, 0.1) is 0 Å². The molecule has 0 unspecified atom stereocenters. The summed E-state index contributed by atoms with van der Waals surface area (Å²) in [6.45, 7) is 7.66. The third kappa shape index (κ3) is 5.08. The van der Waals surface area contributed by atoms with Crippen LogP contribution in [-0.4, -0.2) is 40.5 Å². The highest BCUT2D eigenvalue weighted by atomic mass is 16.5. The number of rotatable bonds is 8. The number of hydrogen-bond acceptors (Lipinski definition) is 3. The Kier molecular flexibility index (Phi) is 6.62. The molecule has 2 rings (SSSR count). The number of aromatic amines is 1. The Morgan fingerprint density at radius 3 is 2.48 bits per heavy atom. The van der Waals surface area contributed by atoms with Crippen molar-refractivity contribution in [2.75, 3.05) is 6.61 Å². The van der Waals surface area contributed by atoms with Crippen LogP contribution in [-0.2, 0) is 20.7 Å². The molecule has 0 atom stereocenters. The van der Waals surface area contributed by atoms with Crippen LogP contribution in [0.5, 0.6) is 0 Å². The molecule has 0 aliphatic carbocycles. The standard InChI is InChI=1S/C20H28N2O3/c1-14(2)22(15(3)4)19(23)13-25-20(24)11-7-8-16-12-21-18-10-6-5-9-17(16)18/h5-6,9-10,12,14-15,21H,7-8,11,13H2,1-4H3. The number of nitrogens with one attached hydrogen (secondary N) is 1. The van der Waals surface area contributed by atoms with Crippen LogP contribution in [0.3, 0.4) is 0 Å². The van der Waals surface area contributed by atoms with Crippen molar-refractivity contribution in [3.8, 4) is 0 Å². The maximum Gasteiger partial charge on any atom is 0.306 e. The van der Waals surface area contributed by atoms with Crippen molar-refractivity contribution in [2.45, 2.75) is 59.0 Å². The Labute approximate surface area is 149 Å². The number of fused-ring (bicyclic) bond motifs is 1. The summed E-state index contributed by atoms with van der Waals surface area (Å²) in [6, 6.07) is 8.29. The maximum atomic E-state index is 12.2. The summed E-state index contributed by atoms with van der Waals surface area (Å²) in [5.41, 5.74) is 2.30. The van der Waals surface area contributed by atoms with Gasteiger partial charge in [-0.3, -0.25) is 9.59 Å². The first-order valence-electron chi connectivity index (χ1n) is 8.92. The Morgan fingerprint density at radius 1 is 1.12 bits per heavy atom. The van der Waals surface area contributed by atoms with Gasteiger partial charge in [0.1, 0.15) is 0 Å². The summed E-state index contributed by atoms with van der Waals surface area (Å²) >= 11 is 0. The first-order valence-corrected chi connectivity index (χ1v) is 8.92. The van der Waals surface area contributed by atoms with E-state index in [0.717, 1.165) is 11.9 Å². The van der Waals surface area contributed by atoms with E-state index >= 15 is 0 Å². The minimum atomic E-state index is -0.319. The highest BCUT2D eigenvalue weighted by Crippen LogP contribution is 2.19. The van der Waals surface area contributed by atoms with Crippen LogP contribution < -0.4 is 0 Å². The van der Waals surface area contributed by atoms with E-state index in [-0.39, 0.29) is 30.6 Å². The van der Waals surface area contributed by atoms with Crippen LogP contribution in [0.25, 0.3) is 10.9 Å². The van der Waals surface area contributed by atoms with Crippen molar-refractivity contribution in [3.63, 3.8) is 0 Å². The normalized spacial score (nSPS) is 11.3. The van der Waals surface area contributed by atoms with Gasteiger partial charge in [0.05, 0.1) is 0 Å². The molecule has 1 amide bonds. The summed E-state index contributed by atoms with van der Waals surface area (Å²) in [5.74, 6) is -0.462. The minimum absolute atomic E-state index is 0.0908. The van der Waals surface area contributed by atoms with Crippen LogP contribution in [0.1, 0.15) is 46.1 Å². The number of carbonyl (C=O) groups is 2. The summed E-state index contributed by atoms with van der Waals surface area (Å²) in [7, 11) is 0. The molecule has 2 aromatic rings. The molecule has 1 aromatic carbocycles. The zero-order valence-corrected chi connectivity index (χ0v) is 15.5. The Morgan fingerprint density at radius 2 is 1.80 bits per heavy atom. The third-order valence-electron chi connectivity index (χ3n) is 4.26. The van der Waals surface area contributed by atoms with Gasteiger partial charge in [0.25, 0.3) is 5.91 Å². The van der Waals surface area contributed by atoms with Crippen LogP contribution in [0.2, 0.25) is 0 Å². The maximum absolute atomic E-state index is 12.2. The molecule has 1 heterocycles. The predicted octanol–water partition coefficient (Wildman–Crippen LogP) is 3.68. The highest BCUT2D eigenvalue weighted by Gasteiger charge is 2.21. The lowest BCUT2D eigenvalue weighted by atomic mass is 10.1. The van der Waals surface area contributed by atoms with E-state index in [1.165, 1.54) is 10.9 Å². The van der Waals surface area contributed by atoms with Crippen molar-refractivity contribution in [1.82, 2.24) is 9.88 Å². The highest BCUT2D eigenvalue weighted by molar-refractivity contribution is 5.83. The Bertz CT molecular complexity index is 711. The van der Waals surface area contributed by atoms with Gasteiger partial charge in [-0.25, -0.2) is 0 Å². The first-order chi connectivity index (χ1) is 11.9. The van der Waals surface area contributed by atoms with Gasteiger partial charge in [-0.15, -0.1) is 0 Å². The summed E-state index contributed by atoms with van der Waals surface area (Å²) in [4.78, 5) is 29.1. The van der Waals surface area contributed by atoms with Crippen molar-refractivity contribution < 1.29 is 14.3 Å². The van der Waals surface area contributed by atoms with Gasteiger partial charge < -0.3 is 14.6 Å². The molecule has 136 valence electrons. The lowest BCUT2D eigenvalue weighted by Crippen LogP contribution is -2.44. The number of amides is 1. The molecular formula is C20H28N2O3. The van der Waals surface area contributed by atoms with Crippen LogP contribution >= 0.6 is 0 Å². The number of para-hydroxylation sites is 1. The SMILES string of the molecule is CC(C)N(C(=O)COC(=O)CCCc1c[nH]c2ccccc12)C(C)C. The first kappa shape index (κ1) is 19.0. The van der Waals surface area contributed by atoms with Crippen molar-refractivity contribution in [2.24, 2.45) is 0 Å². The van der Waals surface area contributed by atoms with E-state index in [1.807, 2.05) is 52.1 Å². The molecule has 0 spiro atoms. The van der Waals surface area contributed by atoms with E-state index in [1.54, 1.807) is 4.90 Å². The number of ether oxygens (including phenoxy) is 1. The molecule has 0 saturated heterocycles. The largest absolute Gasteiger partial charge is 0.456 e. The second-order valence-corrected chi connectivity index (χ2v) is 6.86. The third-order valence-corrected chi connectivity index (χ3v) is 4.26. The number of aromatic nitrogens is 1. The Balaban J connectivity index is 1.76. The zero-order chi connectivity index (χ0) is 18.4. The number of benzene rings is 1. The molecule has 25 heavy (non-hydrogen) atoms. The van der Waals surface area contributed by atoms with E-state index in [0.29, 0.717) is 12.8 Å². The molecule has 1 N–H and O–H groups in total. The molecule has 0 radical (unpaired) electrons. The molecule has 0 aliphatic heterocycles. The van der Waals surface area contributed by atoms with Gasteiger partial charge in [0.2, 0.25) is 0 Å². The van der Waals surface area contributed by atoms with Gasteiger partial charge in [-0.2, -0.15) is 0 Å². The fraction of sp³-hybridized carbons (Fsp3) is 0.500. The van der Waals surface area contributed by atoms with E-state index < -0.39 is 0 Å². The molecule has 5 heteroatoms. The van der Waals surface area contributed by atoms with Crippen LogP contribution in [0.4, 0.5) is 0 Å². The zero-order valence-electron chi connectivity index (χ0n) is 15.5. The average molecular weight is 344 g/mol. The van der Waals surface area contributed by atoms with Gasteiger partial charge in [0.15, 0.2) is 6.61 Å². The summed E-state index contributed by atoms with van der Waals surface area (Å²) < 4.78 is 5.15.